The first kappa shape index (κ1) is 14.3. The van der Waals surface area contributed by atoms with E-state index in [0.717, 1.165) is 23.7 Å². The summed E-state index contributed by atoms with van der Waals surface area (Å²) in [4.78, 5) is 11.9. The van der Waals surface area contributed by atoms with Gasteiger partial charge < -0.3 is 10.4 Å². The van der Waals surface area contributed by atoms with E-state index in [2.05, 4.69) is 11.6 Å². The first-order chi connectivity index (χ1) is 9.17. The van der Waals surface area contributed by atoms with E-state index in [1.165, 1.54) is 12.8 Å². The normalized spacial score (nSPS) is 23.0. The molecule has 1 aromatic carbocycles. The second kappa shape index (κ2) is 6.85. The van der Waals surface area contributed by atoms with Crippen molar-refractivity contribution in [2.45, 2.75) is 43.4 Å². The minimum atomic E-state index is 0.0539. The maximum atomic E-state index is 11.9. The zero-order valence-corrected chi connectivity index (χ0v) is 12.1. The van der Waals surface area contributed by atoms with Crippen LogP contribution < -0.4 is 5.32 Å². The Hall–Kier alpha value is -1.16. The van der Waals surface area contributed by atoms with Crippen LogP contribution in [0.15, 0.2) is 24.3 Å². The number of hydrogen-bond acceptors (Lipinski definition) is 3. The highest BCUT2D eigenvalue weighted by molar-refractivity contribution is 7.99. The molecule has 2 rings (SSSR count). The van der Waals surface area contributed by atoms with Gasteiger partial charge in [-0.05, 0) is 49.6 Å². The summed E-state index contributed by atoms with van der Waals surface area (Å²) in [6, 6.07) is 7.22. The predicted molar refractivity (Wildman–Crippen MR) is 79.5 cm³/mol. The number of rotatable bonds is 4. The number of phenols is 1. The number of benzene rings is 1. The Balaban J connectivity index is 1.79. The van der Waals surface area contributed by atoms with Crippen molar-refractivity contribution in [2.75, 3.05) is 6.26 Å². The van der Waals surface area contributed by atoms with Gasteiger partial charge in [0.2, 0.25) is 5.91 Å². The largest absolute Gasteiger partial charge is 0.508 e. The van der Waals surface area contributed by atoms with E-state index in [4.69, 9.17) is 0 Å². The fraction of sp³-hybridized carbons (Fsp3) is 0.533. The summed E-state index contributed by atoms with van der Waals surface area (Å²) in [5, 5.41) is 13.2. The number of phenolic OH excluding ortho intramolecular Hbond substituents is 1. The first-order valence-electron chi connectivity index (χ1n) is 6.77. The van der Waals surface area contributed by atoms with Gasteiger partial charge in [-0.1, -0.05) is 12.1 Å². The summed E-state index contributed by atoms with van der Waals surface area (Å²) < 4.78 is 0. The van der Waals surface area contributed by atoms with Gasteiger partial charge in [-0.3, -0.25) is 4.79 Å². The lowest BCUT2D eigenvalue weighted by molar-refractivity contribution is -0.121. The van der Waals surface area contributed by atoms with Crippen LogP contribution in [-0.2, 0) is 11.2 Å². The molecule has 0 saturated heterocycles. The van der Waals surface area contributed by atoms with Gasteiger partial charge in [-0.2, -0.15) is 11.8 Å². The van der Waals surface area contributed by atoms with Gasteiger partial charge in [0.1, 0.15) is 5.75 Å². The molecular formula is C15H21NO2S. The van der Waals surface area contributed by atoms with E-state index in [0.29, 0.717) is 12.5 Å². The van der Waals surface area contributed by atoms with Crippen LogP contribution in [-0.4, -0.2) is 28.6 Å². The number of carbonyl (C=O) groups is 1. The molecular weight excluding hydrogens is 258 g/mol. The third-order valence-electron chi connectivity index (χ3n) is 3.65. The van der Waals surface area contributed by atoms with Crippen molar-refractivity contribution >= 4 is 17.7 Å². The second-order valence-electron chi connectivity index (χ2n) is 5.12. The summed E-state index contributed by atoms with van der Waals surface area (Å²) in [6.07, 6.45) is 7.05. The Morgan fingerprint density at radius 1 is 1.37 bits per heavy atom. The van der Waals surface area contributed by atoms with Crippen LogP contribution >= 0.6 is 11.8 Å². The van der Waals surface area contributed by atoms with Gasteiger partial charge in [0.15, 0.2) is 0 Å². The average molecular weight is 279 g/mol. The van der Waals surface area contributed by atoms with Crippen LogP contribution in [0.4, 0.5) is 0 Å². The Morgan fingerprint density at radius 3 is 2.74 bits per heavy atom. The van der Waals surface area contributed by atoms with Gasteiger partial charge in [0.25, 0.3) is 0 Å². The third-order valence-corrected chi connectivity index (χ3v) is 4.79. The molecule has 1 fully saturated rings. The van der Waals surface area contributed by atoms with Crippen LogP contribution in [0.3, 0.4) is 0 Å². The number of aromatic hydroxyl groups is 1. The van der Waals surface area contributed by atoms with Crippen molar-refractivity contribution in [2.24, 2.45) is 0 Å². The second-order valence-corrected chi connectivity index (χ2v) is 6.26. The molecule has 2 N–H and O–H groups in total. The van der Waals surface area contributed by atoms with Crippen LogP contribution in [0.5, 0.6) is 5.75 Å². The quantitative estimate of drug-likeness (QED) is 0.891. The molecule has 0 radical (unpaired) electrons. The summed E-state index contributed by atoms with van der Waals surface area (Å²) in [6.45, 7) is 0. The summed E-state index contributed by atoms with van der Waals surface area (Å²) in [5.41, 5.74) is 0.857. The molecule has 0 aliphatic heterocycles. The maximum absolute atomic E-state index is 11.9. The molecule has 0 bridgehead atoms. The van der Waals surface area contributed by atoms with Crippen LogP contribution in [0, 0.1) is 0 Å². The average Bonchev–Trinajstić information content (AvgIpc) is 2.39. The number of carbonyl (C=O) groups excluding carboxylic acids is 1. The van der Waals surface area contributed by atoms with Crippen molar-refractivity contribution < 1.29 is 9.90 Å². The topological polar surface area (TPSA) is 49.3 Å². The molecule has 1 aliphatic rings. The van der Waals surface area contributed by atoms with E-state index < -0.39 is 0 Å². The molecule has 3 nitrogen and oxygen atoms in total. The molecule has 4 heteroatoms. The van der Waals surface area contributed by atoms with Gasteiger partial charge in [-0.15, -0.1) is 0 Å². The monoisotopic (exact) mass is 279 g/mol. The third kappa shape index (κ3) is 4.46. The molecule has 19 heavy (non-hydrogen) atoms. The van der Waals surface area contributed by atoms with E-state index in [1.807, 2.05) is 17.8 Å². The summed E-state index contributed by atoms with van der Waals surface area (Å²) >= 11 is 1.93. The number of thioether (sulfide) groups is 1. The molecule has 0 atom stereocenters. The Labute approximate surface area is 118 Å². The van der Waals surface area contributed by atoms with E-state index >= 15 is 0 Å². The molecule has 1 aliphatic carbocycles. The highest BCUT2D eigenvalue weighted by atomic mass is 32.2. The highest BCUT2D eigenvalue weighted by Gasteiger charge is 2.21. The molecule has 0 aromatic heterocycles. The van der Waals surface area contributed by atoms with Crippen molar-refractivity contribution in [1.29, 1.82) is 0 Å². The Bertz CT molecular complexity index is 428. The Kier molecular flexibility index (Phi) is 5.14. The molecule has 1 aromatic rings. The maximum Gasteiger partial charge on any atom is 0.224 e. The fourth-order valence-corrected chi connectivity index (χ4v) is 3.32. The predicted octanol–water partition coefficient (Wildman–Crippen LogP) is 2.73. The first-order valence-corrected chi connectivity index (χ1v) is 8.06. The molecule has 1 saturated carbocycles. The summed E-state index contributed by atoms with van der Waals surface area (Å²) in [7, 11) is 0. The van der Waals surface area contributed by atoms with Crippen molar-refractivity contribution in [3.8, 4) is 5.75 Å². The van der Waals surface area contributed by atoms with Gasteiger partial charge in [0, 0.05) is 11.3 Å². The zero-order valence-electron chi connectivity index (χ0n) is 11.3. The molecule has 1 amide bonds. The lowest BCUT2D eigenvalue weighted by Crippen LogP contribution is -2.38. The van der Waals surface area contributed by atoms with E-state index in [1.54, 1.807) is 18.2 Å². The fourth-order valence-electron chi connectivity index (χ4n) is 2.57. The van der Waals surface area contributed by atoms with E-state index in [-0.39, 0.29) is 11.7 Å². The van der Waals surface area contributed by atoms with Crippen LogP contribution in [0.1, 0.15) is 31.2 Å². The van der Waals surface area contributed by atoms with Crippen molar-refractivity contribution in [3.05, 3.63) is 29.8 Å². The SMILES string of the molecule is CSC1CCC(NC(=O)Cc2cccc(O)c2)CC1. The van der Waals surface area contributed by atoms with Gasteiger partial charge in [-0.25, -0.2) is 0 Å². The minimum Gasteiger partial charge on any atom is -0.508 e. The highest BCUT2D eigenvalue weighted by Crippen LogP contribution is 2.26. The number of amides is 1. The lowest BCUT2D eigenvalue weighted by atomic mass is 9.95. The van der Waals surface area contributed by atoms with Crippen LogP contribution in [0.25, 0.3) is 0 Å². The van der Waals surface area contributed by atoms with Crippen LogP contribution in [0.2, 0.25) is 0 Å². The molecule has 0 heterocycles. The van der Waals surface area contributed by atoms with Gasteiger partial charge >= 0.3 is 0 Å². The molecule has 0 spiro atoms. The molecule has 104 valence electrons. The smallest absolute Gasteiger partial charge is 0.224 e. The summed E-state index contributed by atoms with van der Waals surface area (Å²) in [5.74, 6) is 0.268. The Morgan fingerprint density at radius 2 is 2.11 bits per heavy atom. The minimum absolute atomic E-state index is 0.0539. The van der Waals surface area contributed by atoms with E-state index in [9.17, 15) is 9.90 Å². The van der Waals surface area contributed by atoms with Gasteiger partial charge in [0.05, 0.1) is 6.42 Å². The van der Waals surface area contributed by atoms with Crippen molar-refractivity contribution in [1.82, 2.24) is 5.32 Å². The number of nitrogens with one attached hydrogen (secondary N) is 1. The van der Waals surface area contributed by atoms with Crippen molar-refractivity contribution in [3.63, 3.8) is 0 Å². The lowest BCUT2D eigenvalue weighted by Gasteiger charge is -2.28. The standard InChI is InChI=1S/C15H21NO2S/c1-19-14-7-5-12(6-8-14)16-15(18)10-11-3-2-4-13(17)9-11/h2-4,9,12,14,17H,5-8,10H2,1H3,(H,16,18). The zero-order chi connectivity index (χ0) is 13.7. The molecule has 0 unspecified atom stereocenters. The number of hydrogen-bond donors (Lipinski definition) is 2.